The Hall–Kier alpha value is -1.95. The van der Waals surface area contributed by atoms with Crippen molar-refractivity contribution in [1.82, 2.24) is 10.2 Å². The minimum absolute atomic E-state index is 0.0178. The molecular formula is C18H23FN2O3. The Labute approximate surface area is 140 Å². The van der Waals surface area contributed by atoms with Crippen molar-refractivity contribution >= 4 is 11.9 Å². The second-order valence-electron chi connectivity index (χ2n) is 6.79. The van der Waals surface area contributed by atoms with Crippen molar-refractivity contribution < 1.29 is 19.1 Å². The van der Waals surface area contributed by atoms with Gasteiger partial charge in [-0.05, 0) is 49.4 Å². The number of amides is 1. The Bertz CT molecular complexity index is 613. The first-order valence-corrected chi connectivity index (χ1v) is 8.49. The van der Waals surface area contributed by atoms with Crippen LogP contribution in [0.15, 0.2) is 24.3 Å². The van der Waals surface area contributed by atoms with E-state index in [9.17, 15) is 14.0 Å². The van der Waals surface area contributed by atoms with E-state index in [4.69, 9.17) is 5.11 Å². The van der Waals surface area contributed by atoms with Gasteiger partial charge in [0, 0.05) is 18.0 Å². The molecule has 0 unspecified atom stereocenters. The number of halogens is 1. The van der Waals surface area contributed by atoms with Crippen LogP contribution in [0, 0.1) is 11.7 Å². The summed E-state index contributed by atoms with van der Waals surface area (Å²) in [4.78, 5) is 25.1. The maximum absolute atomic E-state index is 12.9. The molecule has 2 saturated carbocycles. The van der Waals surface area contributed by atoms with Gasteiger partial charge in [0.2, 0.25) is 5.91 Å². The largest absolute Gasteiger partial charge is 0.480 e. The lowest BCUT2D eigenvalue weighted by molar-refractivity contribution is -0.139. The van der Waals surface area contributed by atoms with Crippen molar-refractivity contribution in [3.63, 3.8) is 0 Å². The third-order valence-electron chi connectivity index (χ3n) is 5.15. The Morgan fingerprint density at radius 1 is 1.25 bits per heavy atom. The van der Waals surface area contributed by atoms with Crippen LogP contribution >= 0.6 is 0 Å². The normalized spacial score (nSPS) is 28.3. The van der Waals surface area contributed by atoms with Crippen molar-refractivity contribution in [2.45, 2.75) is 44.2 Å². The van der Waals surface area contributed by atoms with Gasteiger partial charge in [-0.25, -0.2) is 4.39 Å². The number of benzene rings is 1. The summed E-state index contributed by atoms with van der Waals surface area (Å²) in [7, 11) is 0. The van der Waals surface area contributed by atoms with Crippen LogP contribution in [-0.4, -0.2) is 47.1 Å². The van der Waals surface area contributed by atoms with Gasteiger partial charge in [0.15, 0.2) is 0 Å². The number of carboxylic acids is 1. The Balaban J connectivity index is 1.43. The topological polar surface area (TPSA) is 69.6 Å². The fraction of sp³-hybridized carbons (Fsp3) is 0.556. The molecule has 2 aliphatic carbocycles. The lowest BCUT2D eigenvalue weighted by atomic mass is 9.85. The molecule has 2 atom stereocenters. The predicted molar refractivity (Wildman–Crippen MR) is 87.1 cm³/mol. The number of hydrogen-bond donors (Lipinski definition) is 2. The maximum Gasteiger partial charge on any atom is 0.317 e. The van der Waals surface area contributed by atoms with Crippen molar-refractivity contribution in [1.29, 1.82) is 0 Å². The van der Waals surface area contributed by atoms with Gasteiger partial charge in [0.25, 0.3) is 0 Å². The second kappa shape index (κ2) is 6.89. The molecule has 6 heteroatoms. The number of hydrogen-bond acceptors (Lipinski definition) is 3. The lowest BCUT2D eigenvalue weighted by Gasteiger charge is -2.42. The van der Waals surface area contributed by atoms with E-state index in [2.05, 4.69) is 5.32 Å². The quantitative estimate of drug-likeness (QED) is 0.800. The van der Waals surface area contributed by atoms with Crippen molar-refractivity contribution in [3.8, 4) is 0 Å². The SMILES string of the molecule is CCN(CC(=O)O)C1CC(NC(=O)[C@@H]2C[C@H]2c2ccc(F)cc2)C1. The summed E-state index contributed by atoms with van der Waals surface area (Å²) in [5.74, 6) is -0.835. The van der Waals surface area contributed by atoms with E-state index in [-0.39, 0.29) is 42.2 Å². The summed E-state index contributed by atoms with van der Waals surface area (Å²) in [6.07, 6.45) is 2.43. The number of nitrogens with zero attached hydrogens (tertiary/aromatic N) is 1. The monoisotopic (exact) mass is 334 g/mol. The summed E-state index contributed by atoms with van der Waals surface area (Å²) in [6.45, 7) is 2.70. The molecule has 2 N–H and O–H groups in total. The Morgan fingerprint density at radius 3 is 2.50 bits per heavy atom. The molecule has 0 spiro atoms. The number of aliphatic carboxylic acids is 1. The molecule has 24 heavy (non-hydrogen) atoms. The average molecular weight is 334 g/mol. The molecule has 1 amide bonds. The van der Waals surface area contributed by atoms with Crippen molar-refractivity contribution in [3.05, 3.63) is 35.6 Å². The average Bonchev–Trinajstić information content (AvgIpc) is 3.29. The number of likely N-dealkylation sites (N-methyl/N-ethyl adjacent to an activating group) is 1. The van der Waals surface area contributed by atoms with Gasteiger partial charge >= 0.3 is 5.97 Å². The minimum Gasteiger partial charge on any atom is -0.480 e. The number of carbonyl (C=O) groups is 2. The molecule has 1 aromatic rings. The Kier molecular flexibility index (Phi) is 4.85. The highest BCUT2D eigenvalue weighted by Crippen LogP contribution is 2.47. The molecule has 0 aromatic heterocycles. The van der Waals surface area contributed by atoms with E-state index < -0.39 is 5.97 Å². The number of carbonyl (C=O) groups excluding carboxylic acids is 1. The highest BCUT2D eigenvalue weighted by molar-refractivity contribution is 5.83. The van der Waals surface area contributed by atoms with Crippen LogP contribution in [-0.2, 0) is 9.59 Å². The molecule has 5 nitrogen and oxygen atoms in total. The van der Waals surface area contributed by atoms with Gasteiger partial charge in [-0.3, -0.25) is 14.5 Å². The van der Waals surface area contributed by atoms with Crippen molar-refractivity contribution in [2.24, 2.45) is 5.92 Å². The van der Waals surface area contributed by atoms with Gasteiger partial charge in [-0.2, -0.15) is 0 Å². The Morgan fingerprint density at radius 2 is 1.92 bits per heavy atom. The summed E-state index contributed by atoms with van der Waals surface area (Å²) < 4.78 is 12.9. The lowest BCUT2D eigenvalue weighted by Crippen LogP contribution is -2.55. The number of nitrogens with one attached hydrogen (secondary N) is 1. The predicted octanol–water partition coefficient (Wildman–Crippen LogP) is 1.98. The van der Waals surface area contributed by atoms with Crippen LogP contribution in [0.2, 0.25) is 0 Å². The molecule has 0 heterocycles. The van der Waals surface area contributed by atoms with Crippen LogP contribution in [0.3, 0.4) is 0 Å². The summed E-state index contributed by atoms with van der Waals surface area (Å²) in [5.41, 5.74) is 1.02. The van der Waals surface area contributed by atoms with E-state index >= 15 is 0 Å². The van der Waals surface area contributed by atoms with Gasteiger partial charge in [0.05, 0.1) is 6.54 Å². The second-order valence-corrected chi connectivity index (χ2v) is 6.79. The third kappa shape index (κ3) is 3.75. The van der Waals surface area contributed by atoms with Crippen LogP contribution in [0.5, 0.6) is 0 Å². The molecule has 1 aromatic carbocycles. The van der Waals surface area contributed by atoms with Gasteiger partial charge in [-0.1, -0.05) is 19.1 Å². The smallest absolute Gasteiger partial charge is 0.317 e. The van der Waals surface area contributed by atoms with Crippen LogP contribution in [0.1, 0.15) is 37.7 Å². The maximum atomic E-state index is 12.9. The fourth-order valence-electron chi connectivity index (χ4n) is 3.55. The van der Waals surface area contributed by atoms with E-state index in [1.165, 1.54) is 12.1 Å². The standard InChI is InChI=1S/C18H23FN2O3/c1-2-21(10-17(22)23)14-7-13(8-14)20-18(24)16-9-15(16)11-3-5-12(19)6-4-11/h3-6,13-16H,2,7-10H2,1H3,(H,20,24)(H,22,23)/t13?,14?,15-,16+/m0/s1. The van der Waals surface area contributed by atoms with Gasteiger partial charge < -0.3 is 10.4 Å². The molecule has 3 rings (SSSR count). The molecule has 2 fully saturated rings. The minimum atomic E-state index is -0.815. The highest BCUT2D eigenvalue weighted by atomic mass is 19.1. The zero-order valence-electron chi connectivity index (χ0n) is 13.7. The summed E-state index contributed by atoms with van der Waals surface area (Å²) in [6, 6.07) is 6.74. The van der Waals surface area contributed by atoms with E-state index in [1.54, 1.807) is 12.1 Å². The molecule has 0 bridgehead atoms. The molecular weight excluding hydrogens is 311 g/mol. The zero-order chi connectivity index (χ0) is 17.3. The number of carboxylic acid groups (broad SMARTS) is 1. The molecule has 0 aliphatic heterocycles. The van der Waals surface area contributed by atoms with Crippen LogP contribution in [0.25, 0.3) is 0 Å². The summed E-state index contributed by atoms with van der Waals surface area (Å²) >= 11 is 0. The third-order valence-corrected chi connectivity index (χ3v) is 5.15. The number of rotatable bonds is 7. The molecule has 130 valence electrons. The highest BCUT2D eigenvalue weighted by Gasteiger charge is 2.45. The first-order valence-electron chi connectivity index (χ1n) is 8.49. The van der Waals surface area contributed by atoms with E-state index in [0.29, 0.717) is 6.54 Å². The fourth-order valence-corrected chi connectivity index (χ4v) is 3.55. The van der Waals surface area contributed by atoms with Crippen LogP contribution in [0.4, 0.5) is 4.39 Å². The zero-order valence-corrected chi connectivity index (χ0v) is 13.7. The van der Waals surface area contributed by atoms with Crippen molar-refractivity contribution in [2.75, 3.05) is 13.1 Å². The molecule has 0 saturated heterocycles. The van der Waals surface area contributed by atoms with Crippen LogP contribution < -0.4 is 5.32 Å². The first kappa shape index (κ1) is 16.9. The summed E-state index contributed by atoms with van der Waals surface area (Å²) in [5, 5.41) is 12.0. The molecule has 0 radical (unpaired) electrons. The van der Waals surface area contributed by atoms with Gasteiger partial charge in [0.1, 0.15) is 5.82 Å². The van der Waals surface area contributed by atoms with Gasteiger partial charge in [-0.15, -0.1) is 0 Å². The first-order chi connectivity index (χ1) is 11.5. The van der Waals surface area contributed by atoms with E-state index in [1.807, 2.05) is 11.8 Å². The molecule has 2 aliphatic rings. The van der Waals surface area contributed by atoms with E-state index in [0.717, 1.165) is 24.8 Å².